The molecule has 0 saturated carbocycles. The molecule has 0 fully saturated rings. The van der Waals surface area contributed by atoms with Crippen LogP contribution >= 0.6 is 28.3 Å². The van der Waals surface area contributed by atoms with E-state index >= 15 is 0 Å². The normalized spacial score (nSPS) is 18.1. The number of nitrogen functional groups attached to an aromatic ring is 1. The molecule has 0 radical (unpaired) electrons. The number of halogens is 2. The topological polar surface area (TPSA) is 78.0 Å². The smallest absolute Gasteiger partial charge is 0.241 e. The highest BCUT2D eigenvalue weighted by Crippen LogP contribution is 2.41. The number of benzene rings is 2. The Morgan fingerprint density at radius 2 is 1.96 bits per heavy atom. The van der Waals surface area contributed by atoms with Crippen LogP contribution in [0.4, 0.5) is 11.9 Å². The number of para-hydroxylation sites is 1. The van der Waals surface area contributed by atoms with Gasteiger partial charge in [0.1, 0.15) is 5.75 Å². The summed E-state index contributed by atoms with van der Waals surface area (Å²) in [7, 11) is 0. The standard InChI is InChI=1S/C19H20BrN5O.ClH/c1-2-26-17-6-4-3-5-14(17)16-11-15(12-7-9-13(20)10-8-12)22-19-23-18(21)24-25(16)19;/h3-10,15-16H,2,11H2,1H3,(H3,21,22,23,24);1H. The lowest BCUT2D eigenvalue weighted by Crippen LogP contribution is -2.28. The third kappa shape index (κ3) is 3.89. The lowest BCUT2D eigenvalue weighted by Gasteiger charge is -2.32. The van der Waals surface area contributed by atoms with Crippen LogP contribution in [0.15, 0.2) is 53.0 Å². The first kappa shape index (κ1) is 19.5. The fraction of sp³-hybridized carbons (Fsp3) is 0.263. The Labute approximate surface area is 172 Å². The highest BCUT2D eigenvalue weighted by Gasteiger charge is 2.32. The van der Waals surface area contributed by atoms with Gasteiger partial charge in [-0.15, -0.1) is 17.5 Å². The average molecular weight is 451 g/mol. The molecular formula is C19H21BrClN5O. The van der Waals surface area contributed by atoms with Gasteiger partial charge in [-0.2, -0.15) is 4.98 Å². The summed E-state index contributed by atoms with van der Waals surface area (Å²) in [6.07, 6.45) is 0.821. The van der Waals surface area contributed by atoms with Crippen LogP contribution < -0.4 is 15.8 Å². The molecule has 3 aromatic rings. The summed E-state index contributed by atoms with van der Waals surface area (Å²) in [5.74, 6) is 1.82. The summed E-state index contributed by atoms with van der Waals surface area (Å²) in [6.45, 7) is 2.60. The maximum atomic E-state index is 5.88. The number of anilines is 2. The second-order valence-corrected chi connectivity index (χ2v) is 7.12. The van der Waals surface area contributed by atoms with E-state index in [0.29, 0.717) is 12.6 Å². The zero-order valence-corrected chi connectivity index (χ0v) is 17.2. The third-order valence-corrected chi connectivity index (χ3v) is 5.08. The van der Waals surface area contributed by atoms with Gasteiger partial charge in [0.2, 0.25) is 11.9 Å². The lowest BCUT2D eigenvalue weighted by atomic mass is 9.93. The zero-order valence-electron chi connectivity index (χ0n) is 14.8. The Morgan fingerprint density at radius 1 is 1.22 bits per heavy atom. The van der Waals surface area contributed by atoms with Crippen molar-refractivity contribution in [2.45, 2.75) is 25.4 Å². The van der Waals surface area contributed by atoms with Gasteiger partial charge in [-0.1, -0.05) is 46.3 Å². The maximum absolute atomic E-state index is 5.88. The van der Waals surface area contributed by atoms with Gasteiger partial charge >= 0.3 is 0 Å². The highest BCUT2D eigenvalue weighted by molar-refractivity contribution is 9.10. The largest absolute Gasteiger partial charge is 0.494 e. The van der Waals surface area contributed by atoms with E-state index in [-0.39, 0.29) is 30.4 Å². The second-order valence-electron chi connectivity index (χ2n) is 6.21. The van der Waals surface area contributed by atoms with Crippen molar-refractivity contribution in [2.75, 3.05) is 17.7 Å². The predicted molar refractivity (Wildman–Crippen MR) is 113 cm³/mol. The van der Waals surface area contributed by atoms with Crippen molar-refractivity contribution in [3.63, 3.8) is 0 Å². The monoisotopic (exact) mass is 449 g/mol. The molecule has 142 valence electrons. The van der Waals surface area contributed by atoms with E-state index in [9.17, 15) is 0 Å². The molecule has 2 unspecified atom stereocenters. The molecule has 4 rings (SSSR count). The zero-order chi connectivity index (χ0) is 18.1. The van der Waals surface area contributed by atoms with Crippen LogP contribution in [-0.4, -0.2) is 21.4 Å². The molecule has 0 bridgehead atoms. The second kappa shape index (κ2) is 8.19. The SMILES string of the molecule is CCOc1ccccc1C1CC(c2ccc(Br)cc2)Nc2nc(N)nn21.Cl. The van der Waals surface area contributed by atoms with Gasteiger partial charge in [0.25, 0.3) is 0 Å². The first-order valence-corrected chi connectivity index (χ1v) is 9.40. The number of hydrogen-bond donors (Lipinski definition) is 2. The number of fused-ring (bicyclic) bond motifs is 1. The van der Waals surface area contributed by atoms with Gasteiger partial charge in [0.15, 0.2) is 0 Å². The summed E-state index contributed by atoms with van der Waals surface area (Å²) in [5.41, 5.74) is 8.16. The fourth-order valence-corrected chi connectivity index (χ4v) is 3.67. The molecule has 0 spiro atoms. The maximum Gasteiger partial charge on any atom is 0.241 e. The van der Waals surface area contributed by atoms with Crippen molar-refractivity contribution in [3.05, 3.63) is 64.1 Å². The van der Waals surface area contributed by atoms with Gasteiger partial charge in [0, 0.05) is 10.0 Å². The van der Waals surface area contributed by atoms with Crippen LogP contribution in [-0.2, 0) is 0 Å². The van der Waals surface area contributed by atoms with Gasteiger partial charge < -0.3 is 15.8 Å². The van der Waals surface area contributed by atoms with E-state index in [1.165, 1.54) is 5.56 Å². The Bertz CT molecular complexity index is 915. The molecule has 6 nitrogen and oxygen atoms in total. The van der Waals surface area contributed by atoms with E-state index in [4.69, 9.17) is 10.5 Å². The van der Waals surface area contributed by atoms with Gasteiger partial charge in [-0.05, 0) is 37.1 Å². The van der Waals surface area contributed by atoms with Crippen molar-refractivity contribution in [3.8, 4) is 5.75 Å². The summed E-state index contributed by atoms with van der Waals surface area (Å²) >= 11 is 3.49. The molecule has 27 heavy (non-hydrogen) atoms. The van der Waals surface area contributed by atoms with Crippen LogP contribution in [0.1, 0.15) is 36.6 Å². The van der Waals surface area contributed by atoms with Crippen LogP contribution in [0.5, 0.6) is 5.75 Å². The lowest BCUT2D eigenvalue weighted by molar-refractivity contribution is 0.325. The fourth-order valence-electron chi connectivity index (χ4n) is 3.41. The van der Waals surface area contributed by atoms with Crippen molar-refractivity contribution in [1.29, 1.82) is 0 Å². The molecule has 1 aromatic heterocycles. The molecule has 0 saturated heterocycles. The summed E-state index contributed by atoms with van der Waals surface area (Å²) in [4.78, 5) is 4.36. The van der Waals surface area contributed by atoms with Crippen molar-refractivity contribution in [2.24, 2.45) is 0 Å². The summed E-state index contributed by atoms with van der Waals surface area (Å²) < 4.78 is 8.77. The summed E-state index contributed by atoms with van der Waals surface area (Å²) in [5, 5.41) is 7.87. The van der Waals surface area contributed by atoms with E-state index in [0.717, 1.165) is 22.2 Å². The Morgan fingerprint density at radius 3 is 2.70 bits per heavy atom. The molecule has 2 aromatic carbocycles. The molecule has 3 N–H and O–H groups in total. The molecule has 2 heterocycles. The molecule has 1 aliphatic rings. The molecule has 0 amide bonds. The van der Waals surface area contributed by atoms with Crippen molar-refractivity contribution < 1.29 is 4.74 Å². The number of rotatable bonds is 4. The highest BCUT2D eigenvalue weighted by atomic mass is 79.9. The predicted octanol–water partition coefficient (Wildman–Crippen LogP) is 4.59. The Balaban J connectivity index is 0.00000210. The molecule has 8 heteroatoms. The molecule has 1 aliphatic heterocycles. The third-order valence-electron chi connectivity index (χ3n) is 4.56. The van der Waals surface area contributed by atoms with Crippen molar-refractivity contribution in [1.82, 2.24) is 14.8 Å². The van der Waals surface area contributed by atoms with Gasteiger partial charge in [-0.25, -0.2) is 4.68 Å². The number of nitrogens with two attached hydrogens (primary N) is 1. The van der Waals surface area contributed by atoms with Crippen LogP contribution in [0.3, 0.4) is 0 Å². The van der Waals surface area contributed by atoms with Crippen LogP contribution in [0.25, 0.3) is 0 Å². The van der Waals surface area contributed by atoms with E-state index in [2.05, 4.69) is 49.5 Å². The number of hydrogen-bond acceptors (Lipinski definition) is 5. The minimum Gasteiger partial charge on any atom is -0.494 e. The van der Waals surface area contributed by atoms with E-state index < -0.39 is 0 Å². The first-order valence-electron chi connectivity index (χ1n) is 8.61. The molecule has 0 aliphatic carbocycles. The Kier molecular flexibility index (Phi) is 5.92. The number of nitrogens with one attached hydrogen (secondary N) is 1. The molecule has 2 atom stereocenters. The van der Waals surface area contributed by atoms with Crippen molar-refractivity contribution >= 4 is 40.2 Å². The van der Waals surface area contributed by atoms with Gasteiger partial charge in [0.05, 0.1) is 18.7 Å². The molecular weight excluding hydrogens is 430 g/mol. The Hall–Kier alpha value is -2.25. The minimum absolute atomic E-state index is 0. The van der Waals surface area contributed by atoms with Crippen LogP contribution in [0, 0.1) is 0 Å². The van der Waals surface area contributed by atoms with Crippen LogP contribution in [0.2, 0.25) is 0 Å². The van der Waals surface area contributed by atoms with E-state index in [1.54, 1.807) is 0 Å². The summed E-state index contributed by atoms with van der Waals surface area (Å²) in [6, 6.07) is 16.5. The quantitative estimate of drug-likeness (QED) is 0.608. The average Bonchev–Trinajstić information content (AvgIpc) is 3.02. The number of nitrogens with zero attached hydrogens (tertiary/aromatic N) is 3. The number of ether oxygens (including phenoxy) is 1. The van der Waals surface area contributed by atoms with E-state index in [1.807, 2.05) is 41.9 Å². The first-order chi connectivity index (χ1) is 12.7. The van der Waals surface area contributed by atoms with Gasteiger partial charge in [-0.3, -0.25) is 0 Å². The minimum atomic E-state index is -0.00699. The number of aromatic nitrogens is 3.